The van der Waals surface area contributed by atoms with Crippen molar-refractivity contribution in [1.82, 2.24) is 4.92 Å². The molecule has 0 saturated carbocycles. The molecule has 4 nitrogen and oxygen atoms in total. The fourth-order valence-corrected chi connectivity index (χ4v) is 1.23. The van der Waals surface area contributed by atoms with Crippen molar-refractivity contribution in [2.24, 2.45) is 5.10 Å². The van der Waals surface area contributed by atoms with E-state index in [0.717, 1.165) is 11.0 Å². The van der Waals surface area contributed by atoms with Crippen molar-refractivity contribution in [3.8, 4) is 0 Å². The Balaban J connectivity index is 2.25. The zero-order valence-electron chi connectivity index (χ0n) is 7.68. The Bertz CT molecular complexity index is 392. The third-order valence-electron chi connectivity index (χ3n) is 1.94. The predicted octanol–water partition coefficient (Wildman–Crippen LogP) is 0.347. The molecule has 0 N–H and O–H groups in total. The van der Waals surface area contributed by atoms with Crippen LogP contribution in [0.25, 0.3) is 0 Å². The van der Waals surface area contributed by atoms with Crippen molar-refractivity contribution in [3.05, 3.63) is 29.8 Å². The predicted molar refractivity (Wildman–Crippen MR) is 53.7 cm³/mol. The average molecular weight is 187 g/mol. The number of carbonyl (C=O) groups is 1. The van der Waals surface area contributed by atoms with Crippen molar-refractivity contribution in [2.75, 3.05) is 7.11 Å². The molecule has 14 heavy (non-hydrogen) atoms. The maximum absolute atomic E-state index is 11.1. The molecule has 1 aromatic rings. The lowest BCUT2D eigenvalue weighted by Gasteiger charge is -2.19. The first-order chi connectivity index (χ1) is 6.81. The molecule has 1 aliphatic rings. The van der Waals surface area contributed by atoms with Crippen molar-refractivity contribution in [1.29, 1.82) is 0 Å². The number of methoxy groups -OCH3 is 1. The third kappa shape index (κ3) is 1.48. The van der Waals surface area contributed by atoms with Crippen molar-refractivity contribution < 1.29 is 9.53 Å². The normalized spacial score (nSPS) is 13.1. The number of rotatable bonds is 0. The van der Waals surface area contributed by atoms with Gasteiger partial charge in [0.05, 0.1) is 13.3 Å². The van der Waals surface area contributed by atoms with Gasteiger partial charge in [0.15, 0.2) is 0 Å². The number of hydrogen-bond donors (Lipinski definition) is 0. The molecule has 0 aromatic heterocycles. The van der Waals surface area contributed by atoms with Gasteiger partial charge in [-0.1, -0.05) is 24.3 Å². The summed E-state index contributed by atoms with van der Waals surface area (Å²) < 4.78 is 4.55. The van der Waals surface area contributed by atoms with E-state index in [4.69, 9.17) is 0 Å². The molecule has 0 spiro atoms. The highest BCUT2D eigenvalue weighted by Crippen LogP contribution is 2.01. The van der Waals surface area contributed by atoms with Gasteiger partial charge in [-0.15, -0.1) is 0 Å². The fraction of sp³-hybridized carbons (Fsp3) is 0.111. The van der Waals surface area contributed by atoms with E-state index in [1.54, 1.807) is 13.6 Å². The van der Waals surface area contributed by atoms with Gasteiger partial charge in [-0.05, 0) is 11.0 Å². The van der Waals surface area contributed by atoms with Crippen LogP contribution in [0, 0.1) is 0 Å². The second-order valence-corrected chi connectivity index (χ2v) is 2.82. The summed E-state index contributed by atoms with van der Waals surface area (Å²) in [4.78, 5) is 12.3. The van der Waals surface area contributed by atoms with Crippen LogP contribution in [-0.2, 0) is 4.74 Å². The van der Waals surface area contributed by atoms with E-state index in [1.807, 2.05) is 24.3 Å². The van der Waals surface area contributed by atoms with Crippen LogP contribution in [0.3, 0.4) is 0 Å². The third-order valence-corrected chi connectivity index (χ3v) is 1.94. The Morgan fingerprint density at radius 3 is 3.07 bits per heavy atom. The summed E-state index contributed by atoms with van der Waals surface area (Å²) in [7, 11) is 2.97. The number of benzene rings is 1. The molecule has 5 heteroatoms. The van der Waals surface area contributed by atoms with Gasteiger partial charge in [0.2, 0.25) is 0 Å². The maximum Gasteiger partial charge on any atom is 0.417 e. The Kier molecular flexibility index (Phi) is 2.22. The highest BCUT2D eigenvalue weighted by molar-refractivity contribution is 6.55. The van der Waals surface area contributed by atoms with Gasteiger partial charge < -0.3 is 4.74 Å². The Morgan fingerprint density at radius 1 is 1.50 bits per heavy atom. The van der Waals surface area contributed by atoms with Crippen LogP contribution in [0.2, 0.25) is 0 Å². The Hall–Kier alpha value is -1.78. The number of hydrazone groups is 1. The summed E-state index contributed by atoms with van der Waals surface area (Å²) in [5.74, 6) is 0. The smallest absolute Gasteiger partial charge is 0.417 e. The summed E-state index contributed by atoms with van der Waals surface area (Å²) in [5, 5.41) is 3.92. The molecule has 1 radical (unpaired) electrons. The standard InChI is InChI=1S/C9H8BN2O2/c1-14-9(13)12-10-8-5-3-2-4-7(8)6-11-12/h2-6H,1H3. The zero-order chi connectivity index (χ0) is 9.97. The molecule has 0 unspecified atom stereocenters. The summed E-state index contributed by atoms with van der Waals surface area (Å²) in [6, 6.07) is 7.68. The van der Waals surface area contributed by atoms with E-state index in [0.29, 0.717) is 0 Å². The summed E-state index contributed by atoms with van der Waals surface area (Å²) in [5.41, 5.74) is 1.94. The topological polar surface area (TPSA) is 41.9 Å². The number of hydrogen-bond acceptors (Lipinski definition) is 3. The van der Waals surface area contributed by atoms with E-state index in [2.05, 4.69) is 9.84 Å². The van der Waals surface area contributed by atoms with E-state index in [9.17, 15) is 4.79 Å². The van der Waals surface area contributed by atoms with Crippen molar-refractivity contribution >= 4 is 25.2 Å². The van der Waals surface area contributed by atoms with Crippen molar-refractivity contribution in [2.45, 2.75) is 0 Å². The van der Waals surface area contributed by atoms with Crippen LogP contribution in [0.5, 0.6) is 0 Å². The van der Waals surface area contributed by atoms with Gasteiger partial charge in [-0.2, -0.15) is 5.10 Å². The molecule has 0 saturated heterocycles. The minimum Gasteiger partial charge on any atom is -0.452 e. The van der Waals surface area contributed by atoms with Gasteiger partial charge in [0.1, 0.15) is 0 Å². The van der Waals surface area contributed by atoms with E-state index in [1.165, 1.54) is 12.0 Å². The lowest BCUT2D eigenvalue weighted by Crippen LogP contribution is -2.41. The fourth-order valence-electron chi connectivity index (χ4n) is 1.23. The number of amides is 1. The number of nitrogens with zero attached hydrogens (tertiary/aromatic N) is 2. The van der Waals surface area contributed by atoms with E-state index >= 15 is 0 Å². The highest BCUT2D eigenvalue weighted by atomic mass is 16.5. The molecule has 1 amide bonds. The van der Waals surface area contributed by atoms with Gasteiger partial charge in [0, 0.05) is 0 Å². The monoisotopic (exact) mass is 187 g/mol. The molecule has 0 fully saturated rings. The van der Waals surface area contributed by atoms with Gasteiger partial charge in [-0.25, -0.2) is 9.71 Å². The minimum absolute atomic E-state index is 0.490. The largest absolute Gasteiger partial charge is 0.452 e. The second kappa shape index (κ2) is 3.53. The summed E-state index contributed by atoms with van der Waals surface area (Å²) in [6.45, 7) is 0. The molecule has 2 rings (SSSR count). The van der Waals surface area contributed by atoms with Crippen LogP contribution < -0.4 is 5.46 Å². The van der Waals surface area contributed by atoms with Crippen LogP contribution in [0.1, 0.15) is 5.56 Å². The van der Waals surface area contributed by atoms with E-state index in [-0.39, 0.29) is 0 Å². The first-order valence-electron chi connectivity index (χ1n) is 4.16. The summed E-state index contributed by atoms with van der Waals surface area (Å²) in [6.07, 6.45) is 1.14. The molecule has 69 valence electrons. The first kappa shape index (κ1) is 8.81. The number of carbonyl (C=O) groups excluding carboxylic acids is 1. The van der Waals surface area contributed by atoms with Crippen LogP contribution in [0.4, 0.5) is 4.79 Å². The second-order valence-electron chi connectivity index (χ2n) is 2.82. The lowest BCUT2D eigenvalue weighted by atomic mass is 9.78. The number of fused-ring (bicyclic) bond motifs is 1. The summed E-state index contributed by atoms with van der Waals surface area (Å²) >= 11 is 0. The van der Waals surface area contributed by atoms with Crippen LogP contribution in [0.15, 0.2) is 29.4 Å². The number of ether oxygens (including phenoxy) is 1. The van der Waals surface area contributed by atoms with E-state index < -0.39 is 6.09 Å². The highest BCUT2D eigenvalue weighted by Gasteiger charge is 2.19. The molecular formula is C9H8BN2O2. The molecule has 1 aliphatic heterocycles. The van der Waals surface area contributed by atoms with Crippen molar-refractivity contribution in [3.63, 3.8) is 0 Å². The van der Waals surface area contributed by atoms with Gasteiger partial charge in [0.25, 0.3) is 0 Å². The van der Waals surface area contributed by atoms with Crippen LogP contribution >= 0.6 is 0 Å². The van der Waals surface area contributed by atoms with Gasteiger partial charge >= 0.3 is 13.5 Å². The Labute approximate surface area is 82.4 Å². The molecule has 0 bridgehead atoms. The zero-order valence-corrected chi connectivity index (χ0v) is 7.68. The maximum atomic E-state index is 11.1. The molecule has 1 heterocycles. The SMILES string of the molecule is COC(=O)N1[B]c2ccccc2C=N1. The average Bonchev–Trinajstić information content (AvgIpc) is 2.27. The molecule has 1 aromatic carbocycles. The first-order valence-corrected chi connectivity index (χ1v) is 4.16. The van der Waals surface area contributed by atoms with Crippen LogP contribution in [-0.4, -0.2) is 31.8 Å². The van der Waals surface area contributed by atoms with Gasteiger partial charge in [-0.3, -0.25) is 0 Å². The molecule has 0 aliphatic carbocycles. The molecule has 0 atom stereocenters. The quantitative estimate of drug-likeness (QED) is 0.549. The Morgan fingerprint density at radius 2 is 2.29 bits per heavy atom. The minimum atomic E-state index is -0.490. The molecular weight excluding hydrogens is 179 g/mol. The lowest BCUT2D eigenvalue weighted by molar-refractivity contribution is 0.150.